The molecule has 1 unspecified atom stereocenters. The van der Waals surface area contributed by atoms with Gasteiger partial charge in [0, 0.05) is 43.8 Å². The Labute approximate surface area is 273 Å². The maximum absolute atomic E-state index is 13.6. The highest BCUT2D eigenvalue weighted by atomic mass is 32.2. The van der Waals surface area contributed by atoms with Gasteiger partial charge < -0.3 is 34.4 Å². The highest BCUT2D eigenvalue weighted by Gasteiger charge is 2.35. The van der Waals surface area contributed by atoms with Crippen LogP contribution in [-0.4, -0.2) is 121 Å². The first-order valence-electron chi connectivity index (χ1n) is 16.0. The molecule has 11 nitrogen and oxygen atoms in total. The second-order valence-corrected chi connectivity index (χ2v) is 14.0. The molecular formula is C33H54N4O7S. The molecule has 0 aliphatic carbocycles. The molecule has 3 aliphatic rings. The number of rotatable bonds is 13. The van der Waals surface area contributed by atoms with Gasteiger partial charge in [-0.2, -0.15) is 5.06 Å². The van der Waals surface area contributed by atoms with Crippen molar-refractivity contribution in [3.05, 3.63) is 29.5 Å². The van der Waals surface area contributed by atoms with E-state index in [1.807, 2.05) is 11.1 Å². The number of allylic oxidation sites excluding steroid dienone is 1. The van der Waals surface area contributed by atoms with Gasteiger partial charge >= 0.3 is 5.30 Å². The first kappa shape index (κ1) is 36.8. The van der Waals surface area contributed by atoms with Gasteiger partial charge in [-0.25, -0.2) is 4.79 Å². The fourth-order valence-corrected chi connectivity index (χ4v) is 5.83. The third-order valence-electron chi connectivity index (χ3n) is 8.48. The first-order valence-corrected chi connectivity index (χ1v) is 17.2. The van der Waals surface area contributed by atoms with E-state index in [1.54, 1.807) is 6.07 Å². The van der Waals surface area contributed by atoms with Gasteiger partial charge in [0.05, 0.1) is 13.2 Å². The Morgan fingerprint density at radius 1 is 1.18 bits per heavy atom. The number of likely N-dealkylation sites (tertiary alicyclic amines) is 1. The summed E-state index contributed by atoms with van der Waals surface area (Å²) >= 11 is 0.796. The Morgan fingerprint density at radius 3 is 2.51 bits per heavy atom. The van der Waals surface area contributed by atoms with Crippen LogP contribution in [0.1, 0.15) is 64.9 Å². The highest BCUT2D eigenvalue weighted by molar-refractivity contribution is 8.12. The minimum atomic E-state index is -0.829. The number of hydrogen-bond donors (Lipinski definition) is 2. The number of carbonyl (C=O) groups excluding carboxylic acids is 1. The lowest BCUT2D eigenvalue weighted by atomic mass is 9.86. The lowest BCUT2D eigenvalue weighted by Crippen LogP contribution is -2.41. The molecule has 2 atom stereocenters. The second-order valence-electron chi connectivity index (χ2n) is 13.2. The van der Waals surface area contributed by atoms with Crippen molar-refractivity contribution < 1.29 is 34.1 Å². The summed E-state index contributed by atoms with van der Waals surface area (Å²) in [5.74, 6) is 1.81. The summed E-state index contributed by atoms with van der Waals surface area (Å²) < 4.78 is 11.0. The lowest BCUT2D eigenvalue weighted by Gasteiger charge is -2.28. The summed E-state index contributed by atoms with van der Waals surface area (Å²) in [6.45, 7) is 15.0. The average molecular weight is 651 g/mol. The molecule has 1 aromatic carbocycles. The third-order valence-corrected chi connectivity index (χ3v) is 8.83. The number of hydroxylamine groups is 2. The number of phenolic OH excluding ortho intramolecular Hbond substituents is 1. The number of phenols is 1. The highest BCUT2D eigenvalue weighted by Crippen LogP contribution is 2.45. The minimum absolute atomic E-state index is 0.121. The van der Waals surface area contributed by atoms with Crippen LogP contribution in [0.4, 0.5) is 4.79 Å². The van der Waals surface area contributed by atoms with Crippen LogP contribution in [0.2, 0.25) is 0 Å². The molecule has 3 aliphatic heterocycles. The van der Waals surface area contributed by atoms with Gasteiger partial charge in [0.25, 0.3) is 0 Å². The smallest absolute Gasteiger partial charge is 0.364 e. The van der Waals surface area contributed by atoms with Crippen molar-refractivity contribution in [2.24, 2.45) is 11.3 Å². The summed E-state index contributed by atoms with van der Waals surface area (Å²) in [5, 5.41) is 19.4. The molecule has 1 aromatic rings. The molecule has 4 rings (SSSR count). The van der Waals surface area contributed by atoms with E-state index in [9.17, 15) is 14.7 Å². The Kier molecular flexibility index (Phi) is 14.1. The van der Waals surface area contributed by atoms with Crippen molar-refractivity contribution in [2.45, 2.75) is 59.3 Å². The van der Waals surface area contributed by atoms with E-state index in [-0.39, 0.29) is 29.8 Å². The quantitative estimate of drug-likeness (QED) is 0.289. The van der Waals surface area contributed by atoms with E-state index >= 15 is 0 Å². The molecule has 0 aromatic heterocycles. The largest absolute Gasteiger partial charge is 0.504 e. The Morgan fingerprint density at radius 2 is 1.89 bits per heavy atom. The maximum atomic E-state index is 13.6. The Bertz CT molecular complexity index is 1160. The van der Waals surface area contributed by atoms with Crippen LogP contribution < -0.4 is 9.47 Å². The van der Waals surface area contributed by atoms with Crippen molar-refractivity contribution in [1.82, 2.24) is 19.8 Å². The zero-order valence-electron chi connectivity index (χ0n) is 28.2. The number of ether oxygens (including phenoxy) is 2. The molecular weight excluding hydrogens is 596 g/mol. The van der Waals surface area contributed by atoms with Crippen LogP contribution in [-0.2, 0) is 9.63 Å². The fourth-order valence-electron chi connectivity index (χ4n) is 5.83. The molecule has 2 N–H and O–H groups in total. The molecule has 45 heavy (non-hydrogen) atoms. The van der Waals surface area contributed by atoms with E-state index in [4.69, 9.17) is 19.4 Å². The SMILES string of the molecule is CCCCN(CCCN(C)C)C(=O)CN1CC([C@@H](C)c2cc(O)c3c(c2)OCO3)C/C1=C\CN1CC(C)(C)CO1.CSC(=O)O. The van der Waals surface area contributed by atoms with Gasteiger partial charge in [-0.3, -0.25) is 9.63 Å². The number of aromatic hydroxyl groups is 1. The molecule has 2 fully saturated rings. The standard InChI is InChI=1S/C31H50N4O5.C2H4O2S/c1-7-8-12-33(13-9-11-32(5)6)29(37)19-34-18-25(15-26(34)10-14-35-20-31(3,4)21-40-35)23(2)24-16-27(36)30-28(17-24)38-22-39-30;1-5-2(3)4/h10,16-17,23,25,36H,7-9,11-15,18-22H2,1-6H3;1H3,(H,3,4)/b26-10+;/t23-,25?;/m0./s1. The lowest BCUT2D eigenvalue weighted by molar-refractivity contribution is -0.132. The second kappa shape index (κ2) is 17.3. The van der Waals surface area contributed by atoms with Gasteiger partial charge in [0.1, 0.15) is 0 Å². The molecule has 0 bridgehead atoms. The number of unbranched alkanes of at least 4 members (excludes halogenated alkanes) is 1. The topological polar surface area (TPSA) is 115 Å². The summed E-state index contributed by atoms with van der Waals surface area (Å²) in [7, 11) is 4.15. The van der Waals surface area contributed by atoms with E-state index in [0.29, 0.717) is 30.5 Å². The van der Waals surface area contributed by atoms with Gasteiger partial charge in [-0.05, 0) is 93.5 Å². The van der Waals surface area contributed by atoms with Crippen LogP contribution in [0, 0.1) is 11.3 Å². The van der Waals surface area contributed by atoms with Crippen molar-refractivity contribution in [2.75, 3.05) is 79.6 Å². The summed E-state index contributed by atoms with van der Waals surface area (Å²) in [4.78, 5) is 35.4. The molecule has 12 heteroatoms. The van der Waals surface area contributed by atoms with E-state index in [2.05, 4.69) is 62.6 Å². The Balaban J connectivity index is 0.00000102. The van der Waals surface area contributed by atoms with E-state index in [0.717, 1.165) is 82.3 Å². The molecule has 0 radical (unpaired) electrons. The number of nitrogens with zero attached hydrogens (tertiary/aromatic N) is 4. The number of amides is 1. The van der Waals surface area contributed by atoms with Gasteiger partial charge in [0.15, 0.2) is 11.5 Å². The third kappa shape index (κ3) is 11.3. The monoisotopic (exact) mass is 650 g/mol. The zero-order valence-corrected chi connectivity index (χ0v) is 29.0. The molecule has 2 saturated heterocycles. The predicted molar refractivity (Wildman–Crippen MR) is 178 cm³/mol. The number of benzene rings is 1. The van der Waals surface area contributed by atoms with Crippen molar-refractivity contribution >= 4 is 23.0 Å². The number of fused-ring (bicyclic) bond motifs is 1. The van der Waals surface area contributed by atoms with Crippen LogP contribution in [0.5, 0.6) is 17.2 Å². The van der Waals surface area contributed by atoms with Gasteiger partial charge in [-0.15, -0.1) is 0 Å². The summed E-state index contributed by atoms with van der Waals surface area (Å²) in [5.41, 5.74) is 2.37. The van der Waals surface area contributed by atoms with Crippen LogP contribution in [0.3, 0.4) is 0 Å². The van der Waals surface area contributed by atoms with Crippen LogP contribution in [0.15, 0.2) is 23.9 Å². The fraction of sp³-hybridized carbons (Fsp3) is 0.697. The molecule has 0 spiro atoms. The molecule has 0 saturated carbocycles. The maximum Gasteiger partial charge on any atom is 0.364 e. The zero-order chi connectivity index (χ0) is 33.1. The minimum Gasteiger partial charge on any atom is -0.504 e. The number of carbonyl (C=O) groups is 2. The van der Waals surface area contributed by atoms with Crippen molar-refractivity contribution in [3.63, 3.8) is 0 Å². The van der Waals surface area contributed by atoms with E-state index in [1.165, 1.54) is 12.0 Å². The van der Waals surface area contributed by atoms with Gasteiger partial charge in [0.2, 0.25) is 18.4 Å². The van der Waals surface area contributed by atoms with Crippen molar-refractivity contribution in [3.8, 4) is 17.2 Å². The Hall–Kier alpha value is -2.67. The summed E-state index contributed by atoms with van der Waals surface area (Å²) in [6, 6.07) is 3.79. The van der Waals surface area contributed by atoms with E-state index < -0.39 is 5.30 Å². The number of hydrogen-bond acceptors (Lipinski definition) is 10. The van der Waals surface area contributed by atoms with Crippen LogP contribution in [0.25, 0.3) is 0 Å². The predicted octanol–water partition coefficient (Wildman–Crippen LogP) is 5.31. The first-order chi connectivity index (χ1) is 21.3. The average Bonchev–Trinajstić information content (AvgIpc) is 3.71. The van der Waals surface area contributed by atoms with Crippen LogP contribution >= 0.6 is 11.8 Å². The molecule has 254 valence electrons. The normalized spacial score (nSPS) is 20.4. The summed E-state index contributed by atoms with van der Waals surface area (Å²) in [6.07, 6.45) is 7.70. The van der Waals surface area contributed by atoms with Gasteiger partial charge in [-0.1, -0.05) is 34.1 Å². The number of thioether (sulfide) groups is 1. The molecule has 1 amide bonds. The molecule has 3 heterocycles. The van der Waals surface area contributed by atoms with Crippen molar-refractivity contribution in [1.29, 1.82) is 0 Å². The number of carboxylic acid groups (broad SMARTS) is 1.